The fourth-order valence-electron chi connectivity index (χ4n) is 13.7. The zero-order valence-corrected chi connectivity index (χ0v) is 77.6. The second-order valence-electron chi connectivity index (χ2n) is 31.5. The van der Waals surface area contributed by atoms with Gasteiger partial charge in [0.05, 0.1) is 86.7 Å². The molecule has 0 aromatic rings. The molecule has 0 spiro atoms. The van der Waals surface area contributed by atoms with Gasteiger partial charge in [0.15, 0.2) is 43.9 Å². The number of Topliss-reactive ketones (excluding diaryl/α,β-unsaturated/α-hetero) is 1. The summed E-state index contributed by atoms with van der Waals surface area (Å²) in [6.45, 7) is 20.8. The van der Waals surface area contributed by atoms with Crippen LogP contribution in [0.5, 0.6) is 0 Å². The largest absolute Gasteiger partial charge is 1.00 e. The summed E-state index contributed by atoms with van der Waals surface area (Å²) in [5, 5.41) is 117. The molecule has 0 aromatic heterocycles. The molecule has 0 bridgehead atoms. The van der Waals surface area contributed by atoms with E-state index in [0.717, 1.165) is 0 Å². The molecule has 0 amide bonds. The Balaban J connectivity index is 0.0000157. The van der Waals surface area contributed by atoms with E-state index in [2.05, 4.69) is 27.4 Å². The monoisotopic (exact) mass is 1730 g/mol. The zero-order chi connectivity index (χ0) is 86.3. The van der Waals surface area contributed by atoms with E-state index in [4.69, 9.17) is 76.3 Å². The number of aliphatic hydroxyl groups excluding tert-OH is 10. The summed E-state index contributed by atoms with van der Waals surface area (Å²) in [7, 11) is 2.39. The van der Waals surface area contributed by atoms with E-state index in [0.29, 0.717) is 6.42 Å². The van der Waals surface area contributed by atoms with Gasteiger partial charge in [-0.15, -0.1) is 45.2 Å². The Labute approximate surface area is 755 Å². The number of ketones is 1. The van der Waals surface area contributed by atoms with Crippen molar-refractivity contribution in [3.8, 4) is 0 Å². The molecular formula is C75H126N5Na3O35. The van der Waals surface area contributed by atoms with Crippen LogP contribution in [0.15, 0.2) is 0 Å². The van der Waals surface area contributed by atoms with Gasteiger partial charge in [-0.1, -0.05) is 135 Å². The Morgan fingerprint density at radius 2 is 0.729 bits per heavy atom. The Morgan fingerprint density at radius 1 is 0.390 bits per heavy atom. The van der Waals surface area contributed by atoms with Crippen LogP contribution < -0.4 is 116 Å². The fraction of sp³-hybridized carbons (Fsp3) is 0.880. The van der Waals surface area contributed by atoms with E-state index < -0.39 is 281 Å². The predicted molar refractivity (Wildman–Crippen MR) is 391 cm³/mol. The summed E-state index contributed by atoms with van der Waals surface area (Å²) < 4.78 is 67.6. The van der Waals surface area contributed by atoms with E-state index in [-0.39, 0.29) is 131 Å². The van der Waals surface area contributed by atoms with Gasteiger partial charge in [-0.2, -0.15) is 0 Å². The number of ether oxygens (including phenoxy) is 11. The third-order valence-corrected chi connectivity index (χ3v) is 23.1. The van der Waals surface area contributed by atoms with Crippen LogP contribution in [0.1, 0.15) is 136 Å². The molecule has 43 heteroatoms. The van der Waals surface area contributed by atoms with Gasteiger partial charge in [-0.3, -0.25) is 47.6 Å². The van der Waals surface area contributed by atoms with Crippen LogP contribution in [0.25, 0.3) is 0 Å². The number of methoxy groups -OCH3 is 2. The van der Waals surface area contributed by atoms with Gasteiger partial charge in [0.25, 0.3) is 0 Å². The summed E-state index contributed by atoms with van der Waals surface area (Å²) in [4.78, 5) is 146. The normalized spacial score (nSPS) is 34.0. The maximum absolute atomic E-state index is 14.5. The molecule has 5 heterocycles. The molecule has 0 saturated carbocycles. The molecule has 36 unspecified atom stereocenters. The molecule has 5 fully saturated rings. The van der Waals surface area contributed by atoms with Crippen molar-refractivity contribution in [1.82, 2.24) is 27.4 Å². The van der Waals surface area contributed by atoms with E-state index in [1.807, 2.05) is 18.9 Å². The molecule has 15 N–H and O–H groups in total. The van der Waals surface area contributed by atoms with Crippen LogP contribution in [0, 0.1) is 94.7 Å². The molecule has 664 valence electrons. The van der Waals surface area contributed by atoms with Crippen LogP contribution in [-0.2, 0) is 119 Å². The first-order valence-corrected chi connectivity index (χ1v) is 39.2. The molecule has 0 aliphatic carbocycles. The fourth-order valence-corrected chi connectivity index (χ4v) is 13.7. The van der Waals surface area contributed by atoms with Crippen molar-refractivity contribution in [3.63, 3.8) is 0 Å². The molecule has 5 aliphatic rings. The van der Waals surface area contributed by atoms with Crippen LogP contribution in [0.2, 0.25) is 0 Å². The molecule has 0 radical (unpaired) electrons. The first kappa shape index (κ1) is 112. The minimum atomic E-state index is -2.23. The summed E-state index contributed by atoms with van der Waals surface area (Å²) in [5.74, 6) is -19.6. The smallest absolute Gasteiger partial charge is 0.542 e. The van der Waals surface area contributed by atoms with Gasteiger partial charge < -0.3 is 142 Å². The quantitative estimate of drug-likeness (QED) is 0.0116. The molecule has 36 atom stereocenters. The van der Waals surface area contributed by atoms with Gasteiger partial charge in [0.1, 0.15) is 91.1 Å². The molecule has 0 aromatic carbocycles. The van der Waals surface area contributed by atoms with Gasteiger partial charge in [-0.25, -0.2) is 0 Å². The van der Waals surface area contributed by atoms with Crippen molar-refractivity contribution < 1.29 is 259 Å². The number of carbonyl (C=O) groups excluding carboxylic acids is 9. The minimum absolute atomic E-state index is 0. The van der Waals surface area contributed by atoms with Crippen LogP contribution in [0.3, 0.4) is 0 Å². The number of aliphatic hydroxyl groups is 10. The number of hydrogen-bond donors (Lipinski definition) is 15. The zero-order valence-electron chi connectivity index (χ0n) is 71.6. The van der Waals surface area contributed by atoms with Crippen molar-refractivity contribution in [2.45, 2.75) is 278 Å². The number of rotatable bonds is 47. The standard InChI is InChI=1S/C75H126N5O35.3Na/c1-19-21-42(23-81)50(40(15)41(16)89)44(25-83)22-43(24-82)38(13)39(14)70(99)115-80-65-63(107-74-52(77-113-68(97)36(11)32(5)6)56(92)59(100-17)47(28-86)103-74)55(91)46(27-85)72(110-65)106-61-49(30-88)104-75(53(58(61)94)78-114-69(98)37(12)33(7)8)108-62-54(90)45(26-84)71(109-64(62)79-111-66(95)34(9)20-2)105-60-48(29-87)102-73(101-18)51(57(60)93)76-112-67(96)35(10)31(3)4;;;/h31-40,42-65,71-80,84-88,90-94H,19-22,26-30H2,1-18H3;;;/q-3;3*+1. The first-order valence-electron chi connectivity index (χ1n) is 39.2. The average Bonchev–Trinajstić information content (AvgIpc) is 0.768. The van der Waals surface area contributed by atoms with E-state index >= 15 is 0 Å². The van der Waals surface area contributed by atoms with E-state index in [1.54, 1.807) is 69.2 Å². The van der Waals surface area contributed by atoms with Crippen LogP contribution in [0.4, 0.5) is 0 Å². The van der Waals surface area contributed by atoms with Gasteiger partial charge in [-0.05, 0) is 31.1 Å². The number of hydrogen-bond acceptors (Lipinski definition) is 40. The number of nitrogens with one attached hydrogen (secondary N) is 5. The van der Waals surface area contributed by atoms with Gasteiger partial charge >= 0.3 is 119 Å². The third-order valence-electron chi connectivity index (χ3n) is 23.1. The Hall–Kier alpha value is -2.01. The Bertz CT molecular complexity index is 3030. The van der Waals surface area contributed by atoms with Gasteiger partial charge in [0, 0.05) is 20.1 Å². The maximum atomic E-state index is 14.5. The second kappa shape index (κ2) is 54.2. The molecule has 40 nitrogen and oxygen atoms in total. The van der Waals surface area contributed by atoms with Crippen LogP contribution in [-0.4, -0.2) is 294 Å². The molecule has 5 aliphatic heterocycles. The summed E-state index contributed by atoms with van der Waals surface area (Å²) in [6.07, 6.45) is -31.0. The van der Waals surface area contributed by atoms with E-state index in [1.165, 1.54) is 55.8 Å². The van der Waals surface area contributed by atoms with E-state index in [9.17, 15) is 94.2 Å². The summed E-state index contributed by atoms with van der Waals surface area (Å²) in [6, 6.07) is -5.08. The van der Waals surface area contributed by atoms with Crippen molar-refractivity contribution in [3.05, 3.63) is 0 Å². The van der Waals surface area contributed by atoms with Gasteiger partial charge in [0.2, 0.25) is 0 Å². The first-order chi connectivity index (χ1) is 54.4. The molecule has 5 rings (SSSR count). The topological polar surface area (TPSA) is 564 Å². The maximum Gasteiger partial charge on any atom is 1.00 e. The van der Waals surface area contributed by atoms with Crippen LogP contribution >= 0.6 is 0 Å². The number of carbonyl (C=O) groups is 6. The Morgan fingerprint density at radius 3 is 1.06 bits per heavy atom. The molecule has 5 saturated heterocycles. The summed E-state index contributed by atoms with van der Waals surface area (Å²) >= 11 is 0. The SMILES string of the molecule is CCCC([C-]=O)C(C([C-]=O)CC([C-]=O)C(C)C(C)C(=O)ONC1OC(OC2C(CO)OC(OC3C(NOC(=O)C(C)CC)OC(OC4C(CO)OC(OC)C(NOC(=O)C(C)C(C)C)C4O)C(CO)C3O)C(NOC(=O)C(C)C(C)C)C2O)C(CO)C(O)C1OC1OC(CO)C(OC)C(O)C1NOC(=O)C(C)C(C)C)C(C)C(C)=O.[Na+].[Na+].[Na+]. The minimum Gasteiger partial charge on any atom is -0.542 e. The molecule has 118 heavy (non-hydrogen) atoms. The summed E-state index contributed by atoms with van der Waals surface area (Å²) in [5.41, 5.74) is 12.1. The predicted octanol–water partition coefficient (Wildman–Crippen LogP) is -11.5. The average molecular weight is 1730 g/mol. The van der Waals surface area contributed by atoms with Crippen molar-refractivity contribution in [2.24, 2.45) is 94.7 Å². The molecular weight excluding hydrogens is 1600 g/mol. The second-order valence-corrected chi connectivity index (χ2v) is 31.5. The van der Waals surface area contributed by atoms with Crippen molar-refractivity contribution in [1.29, 1.82) is 0 Å². The Kier molecular flexibility index (Phi) is 51.5. The van der Waals surface area contributed by atoms with Crippen molar-refractivity contribution in [2.75, 3.05) is 47.3 Å². The van der Waals surface area contributed by atoms with Crippen molar-refractivity contribution >= 4 is 54.5 Å². The third kappa shape index (κ3) is 29.0. The number of hydroxylamine groups is 5.